The molecule has 0 fully saturated rings. The summed E-state index contributed by atoms with van der Waals surface area (Å²) in [6.07, 6.45) is 0.0318. The topological polar surface area (TPSA) is 108 Å². The van der Waals surface area contributed by atoms with E-state index in [9.17, 15) is 18.0 Å². The predicted molar refractivity (Wildman–Crippen MR) is 114 cm³/mol. The highest BCUT2D eigenvalue weighted by molar-refractivity contribution is 9.10. The lowest BCUT2D eigenvalue weighted by Gasteiger charge is -2.14. The maximum Gasteiger partial charge on any atom is 0.319 e. The van der Waals surface area contributed by atoms with Gasteiger partial charge >= 0.3 is 5.97 Å². The number of benzene rings is 2. The second-order valence-electron chi connectivity index (χ2n) is 6.16. The molecular weight excluding hydrogens is 478 g/mol. The molecule has 8 nitrogen and oxygen atoms in total. The first-order valence-corrected chi connectivity index (χ1v) is 11.2. The summed E-state index contributed by atoms with van der Waals surface area (Å²) in [7, 11) is 0.510. The number of ether oxygens (including phenoxy) is 3. The zero-order chi connectivity index (χ0) is 22.3. The minimum Gasteiger partial charge on any atom is -0.496 e. The van der Waals surface area contributed by atoms with E-state index >= 15 is 0 Å². The number of carbonyl (C=O) groups excluding carboxylic acids is 2. The maximum atomic E-state index is 12.9. The van der Waals surface area contributed by atoms with Crippen LogP contribution in [0.4, 0.5) is 0 Å². The summed E-state index contributed by atoms with van der Waals surface area (Å²) in [5.41, 5.74) is 0.934. The molecule has 0 atom stereocenters. The average Bonchev–Trinajstić information content (AvgIpc) is 2.73. The number of sulfone groups is 1. The second kappa shape index (κ2) is 10.6. The van der Waals surface area contributed by atoms with Crippen molar-refractivity contribution in [2.24, 2.45) is 0 Å². The van der Waals surface area contributed by atoms with Crippen LogP contribution >= 0.6 is 15.9 Å². The van der Waals surface area contributed by atoms with Crippen molar-refractivity contribution in [1.82, 2.24) is 5.32 Å². The van der Waals surface area contributed by atoms with Crippen molar-refractivity contribution >= 4 is 37.5 Å². The van der Waals surface area contributed by atoms with Crippen LogP contribution in [-0.4, -0.2) is 53.9 Å². The van der Waals surface area contributed by atoms with E-state index in [1.54, 1.807) is 24.3 Å². The van der Waals surface area contributed by atoms with Crippen LogP contribution in [0.3, 0.4) is 0 Å². The van der Waals surface area contributed by atoms with E-state index in [1.165, 1.54) is 33.5 Å². The predicted octanol–water partition coefficient (Wildman–Crippen LogP) is 2.39. The third kappa shape index (κ3) is 5.80. The molecule has 0 radical (unpaired) electrons. The number of carbonyl (C=O) groups is 2. The number of halogens is 1. The maximum absolute atomic E-state index is 12.9. The smallest absolute Gasteiger partial charge is 0.319 e. The Balaban J connectivity index is 2.16. The van der Waals surface area contributed by atoms with Crippen molar-refractivity contribution in [2.75, 3.05) is 33.8 Å². The fourth-order valence-corrected chi connectivity index (χ4v) is 4.28. The minimum absolute atomic E-state index is 0.0318. The summed E-state index contributed by atoms with van der Waals surface area (Å²) in [6, 6.07) is 9.38. The van der Waals surface area contributed by atoms with Gasteiger partial charge in [0, 0.05) is 6.42 Å². The summed E-state index contributed by atoms with van der Waals surface area (Å²) in [6.45, 7) is -0.210. The van der Waals surface area contributed by atoms with Crippen LogP contribution in [0.25, 0.3) is 0 Å². The number of rotatable bonds is 10. The molecule has 0 aliphatic carbocycles. The molecule has 0 spiro atoms. The first-order valence-electron chi connectivity index (χ1n) is 8.76. The molecule has 0 heterocycles. The minimum atomic E-state index is -3.64. The second-order valence-corrected chi connectivity index (χ2v) is 9.01. The van der Waals surface area contributed by atoms with E-state index in [2.05, 4.69) is 26.0 Å². The fourth-order valence-electron chi connectivity index (χ4n) is 2.70. The highest BCUT2D eigenvalue weighted by Crippen LogP contribution is 2.36. The summed E-state index contributed by atoms with van der Waals surface area (Å²) in [5, 5.41) is 2.52. The van der Waals surface area contributed by atoms with Crippen molar-refractivity contribution < 1.29 is 32.2 Å². The van der Waals surface area contributed by atoms with Gasteiger partial charge in [0.1, 0.15) is 22.9 Å². The molecule has 0 saturated carbocycles. The van der Waals surface area contributed by atoms with Gasteiger partial charge < -0.3 is 14.2 Å². The zero-order valence-corrected chi connectivity index (χ0v) is 19.1. The molecule has 0 amide bonds. The van der Waals surface area contributed by atoms with Gasteiger partial charge in [0.05, 0.1) is 37.2 Å². The molecule has 0 unspecified atom stereocenters. The van der Waals surface area contributed by atoms with Crippen molar-refractivity contribution in [2.45, 2.75) is 11.3 Å². The Morgan fingerprint density at radius 2 is 1.67 bits per heavy atom. The zero-order valence-electron chi connectivity index (χ0n) is 16.7. The van der Waals surface area contributed by atoms with Crippen LogP contribution in [0.2, 0.25) is 0 Å². The Labute approximate surface area is 183 Å². The molecule has 10 heteroatoms. The number of nitrogens with one attached hydrogen (secondary N) is 1. The molecule has 162 valence electrons. The molecule has 0 aromatic heterocycles. The van der Waals surface area contributed by atoms with Gasteiger partial charge in [-0.2, -0.15) is 0 Å². The van der Waals surface area contributed by atoms with E-state index in [1.807, 2.05) is 0 Å². The molecule has 1 N–H and O–H groups in total. The molecular formula is C20H22BrNO7S. The van der Waals surface area contributed by atoms with Crippen LogP contribution in [0.5, 0.6) is 11.5 Å². The van der Waals surface area contributed by atoms with Crippen LogP contribution in [0.1, 0.15) is 15.9 Å². The first kappa shape index (κ1) is 23.8. The number of methoxy groups -OCH3 is 3. The number of Topliss-reactive ketones (excluding diaryl/α,β-unsaturated/α-hetero) is 1. The lowest BCUT2D eigenvalue weighted by molar-refractivity contribution is -0.139. The summed E-state index contributed by atoms with van der Waals surface area (Å²) in [5.74, 6) is -0.448. The van der Waals surface area contributed by atoms with Crippen molar-refractivity contribution in [3.8, 4) is 11.5 Å². The van der Waals surface area contributed by atoms with E-state index < -0.39 is 21.7 Å². The fraction of sp³-hybridized carbons (Fsp3) is 0.300. The Bertz CT molecular complexity index is 1020. The van der Waals surface area contributed by atoms with Gasteiger partial charge in [0.15, 0.2) is 15.6 Å². The molecule has 30 heavy (non-hydrogen) atoms. The van der Waals surface area contributed by atoms with Crippen molar-refractivity contribution in [1.29, 1.82) is 0 Å². The van der Waals surface area contributed by atoms with Crippen LogP contribution in [-0.2, 0) is 25.8 Å². The average molecular weight is 500 g/mol. The Morgan fingerprint density at radius 3 is 2.23 bits per heavy atom. The van der Waals surface area contributed by atoms with E-state index in [0.717, 1.165) is 0 Å². The van der Waals surface area contributed by atoms with E-state index in [-0.39, 0.29) is 23.6 Å². The summed E-state index contributed by atoms with van der Waals surface area (Å²) in [4.78, 5) is 24.0. The van der Waals surface area contributed by atoms with Gasteiger partial charge in [-0.1, -0.05) is 12.1 Å². The molecule has 2 aromatic carbocycles. The number of ketones is 1. The Morgan fingerprint density at radius 1 is 1.00 bits per heavy atom. The van der Waals surface area contributed by atoms with E-state index in [4.69, 9.17) is 9.47 Å². The highest BCUT2D eigenvalue weighted by atomic mass is 79.9. The van der Waals surface area contributed by atoms with Crippen LogP contribution < -0.4 is 14.8 Å². The lowest BCUT2D eigenvalue weighted by Crippen LogP contribution is -2.29. The van der Waals surface area contributed by atoms with Crippen molar-refractivity contribution in [3.63, 3.8) is 0 Å². The van der Waals surface area contributed by atoms with Gasteiger partial charge in [-0.05, 0) is 45.8 Å². The summed E-state index contributed by atoms with van der Waals surface area (Å²) < 4.78 is 40.4. The molecule has 0 aliphatic heterocycles. The quantitative estimate of drug-likeness (QED) is 0.392. The monoisotopic (exact) mass is 499 g/mol. The molecule has 0 saturated heterocycles. The molecule has 0 aliphatic rings. The van der Waals surface area contributed by atoms with E-state index in [0.29, 0.717) is 27.1 Å². The first-order chi connectivity index (χ1) is 14.2. The van der Waals surface area contributed by atoms with Crippen LogP contribution in [0.15, 0.2) is 45.8 Å². The van der Waals surface area contributed by atoms with Gasteiger partial charge in [-0.25, -0.2) is 8.42 Å². The van der Waals surface area contributed by atoms with Crippen molar-refractivity contribution in [3.05, 3.63) is 52.0 Å². The van der Waals surface area contributed by atoms with Gasteiger partial charge in [-0.15, -0.1) is 0 Å². The van der Waals surface area contributed by atoms with Gasteiger partial charge in [0.2, 0.25) is 0 Å². The SMILES string of the molecule is COC(=O)CNCS(=O)(=O)c1ccc(CC(=O)c2c(OC)ccc(Br)c2OC)cc1. The van der Waals surface area contributed by atoms with Gasteiger partial charge in [-0.3, -0.25) is 14.9 Å². The highest BCUT2D eigenvalue weighted by Gasteiger charge is 2.21. The lowest BCUT2D eigenvalue weighted by atomic mass is 10.0. The molecule has 2 aromatic rings. The van der Waals surface area contributed by atoms with Crippen LogP contribution in [0, 0.1) is 0 Å². The Kier molecular flexibility index (Phi) is 8.39. The molecule has 2 rings (SSSR count). The normalized spacial score (nSPS) is 11.1. The number of hydrogen-bond donors (Lipinski definition) is 1. The standard InChI is InChI=1S/C20H22BrNO7S/c1-27-17-9-8-15(21)20(29-3)19(17)16(23)10-13-4-6-14(7-5-13)30(25,26)12-22-11-18(24)28-2/h4-9,22H,10-12H2,1-3H3. The largest absolute Gasteiger partial charge is 0.496 e. The molecule has 0 bridgehead atoms. The van der Waals surface area contributed by atoms with Gasteiger partial charge in [0.25, 0.3) is 0 Å². The number of hydrogen-bond acceptors (Lipinski definition) is 8. The third-order valence-corrected chi connectivity index (χ3v) is 6.41. The third-order valence-electron chi connectivity index (χ3n) is 4.21. The summed E-state index contributed by atoms with van der Waals surface area (Å²) >= 11 is 3.36. The number of esters is 1. The Hall–Kier alpha value is -2.43.